The van der Waals surface area contributed by atoms with Crippen LogP contribution in [0.4, 0.5) is 10.2 Å². The Morgan fingerprint density at radius 2 is 1.81 bits per heavy atom. The predicted octanol–water partition coefficient (Wildman–Crippen LogP) is 5.34. The van der Waals surface area contributed by atoms with Crippen LogP contribution in [0, 0.1) is 5.82 Å². The molecule has 2 heterocycles. The Morgan fingerprint density at radius 1 is 1.06 bits per heavy atom. The SMILES string of the molecule is CCC(c1ccccc1)N(CCN1CCN(c2ccccn2)CC1C)C(=O)CCc1ccc(F)cc1. The van der Waals surface area contributed by atoms with Gasteiger partial charge in [0, 0.05) is 51.4 Å². The van der Waals surface area contributed by atoms with Crippen molar-refractivity contribution in [2.24, 2.45) is 0 Å². The molecule has 1 saturated heterocycles. The third-order valence-electron chi connectivity index (χ3n) is 7.17. The van der Waals surface area contributed by atoms with Gasteiger partial charge < -0.3 is 9.80 Å². The number of benzene rings is 2. The second-order valence-corrected chi connectivity index (χ2v) is 9.57. The Bertz CT molecular complexity index is 1080. The smallest absolute Gasteiger partial charge is 0.223 e. The predicted molar refractivity (Wildman–Crippen MR) is 143 cm³/mol. The zero-order valence-electron chi connectivity index (χ0n) is 21.4. The first-order valence-electron chi connectivity index (χ1n) is 13.0. The molecule has 0 radical (unpaired) electrons. The first-order chi connectivity index (χ1) is 17.5. The summed E-state index contributed by atoms with van der Waals surface area (Å²) in [4.78, 5) is 25.0. The molecule has 1 amide bonds. The number of anilines is 1. The lowest BCUT2D eigenvalue weighted by molar-refractivity contribution is -0.134. The summed E-state index contributed by atoms with van der Waals surface area (Å²) in [5.41, 5.74) is 2.15. The number of hydrogen-bond acceptors (Lipinski definition) is 4. The maximum atomic E-state index is 13.6. The lowest BCUT2D eigenvalue weighted by Crippen LogP contribution is -2.54. The highest BCUT2D eigenvalue weighted by atomic mass is 19.1. The van der Waals surface area contributed by atoms with Crippen molar-refractivity contribution in [3.63, 3.8) is 0 Å². The first kappa shape index (κ1) is 25.8. The molecule has 2 aromatic carbocycles. The fourth-order valence-corrected chi connectivity index (χ4v) is 5.12. The molecule has 2 unspecified atom stereocenters. The summed E-state index contributed by atoms with van der Waals surface area (Å²) in [5, 5.41) is 0. The maximum Gasteiger partial charge on any atom is 0.223 e. The van der Waals surface area contributed by atoms with E-state index < -0.39 is 0 Å². The summed E-state index contributed by atoms with van der Waals surface area (Å²) in [5.74, 6) is 0.922. The molecule has 3 aromatic rings. The Labute approximate surface area is 214 Å². The molecule has 1 aliphatic rings. The molecule has 1 fully saturated rings. The zero-order chi connectivity index (χ0) is 25.3. The minimum Gasteiger partial charge on any atom is -0.354 e. The molecule has 36 heavy (non-hydrogen) atoms. The van der Waals surface area contributed by atoms with Crippen molar-refractivity contribution >= 4 is 11.7 Å². The van der Waals surface area contributed by atoms with Gasteiger partial charge in [0.15, 0.2) is 0 Å². The molecular weight excluding hydrogens is 451 g/mol. The summed E-state index contributed by atoms with van der Waals surface area (Å²) in [6.07, 6.45) is 3.73. The largest absolute Gasteiger partial charge is 0.354 e. The van der Waals surface area contributed by atoms with E-state index in [1.165, 1.54) is 17.7 Å². The number of carbonyl (C=O) groups is 1. The number of hydrogen-bond donors (Lipinski definition) is 0. The summed E-state index contributed by atoms with van der Waals surface area (Å²) >= 11 is 0. The van der Waals surface area contributed by atoms with Crippen LogP contribution in [0.25, 0.3) is 0 Å². The molecule has 4 rings (SSSR count). The van der Waals surface area contributed by atoms with Gasteiger partial charge in [-0.15, -0.1) is 0 Å². The maximum absolute atomic E-state index is 13.6. The van der Waals surface area contributed by atoms with Gasteiger partial charge in [0.05, 0.1) is 6.04 Å². The average Bonchev–Trinajstić information content (AvgIpc) is 2.92. The molecule has 1 aliphatic heterocycles. The number of carbonyl (C=O) groups excluding carboxylic acids is 1. The van der Waals surface area contributed by atoms with Crippen molar-refractivity contribution in [2.75, 3.05) is 37.6 Å². The van der Waals surface area contributed by atoms with E-state index in [9.17, 15) is 9.18 Å². The number of aromatic nitrogens is 1. The summed E-state index contributed by atoms with van der Waals surface area (Å²) in [7, 11) is 0. The van der Waals surface area contributed by atoms with Gasteiger partial charge in [-0.1, -0.05) is 55.5 Å². The molecule has 0 bridgehead atoms. The normalized spacial score (nSPS) is 17.1. The quantitative estimate of drug-likeness (QED) is 0.386. The van der Waals surface area contributed by atoms with Crippen LogP contribution in [-0.4, -0.2) is 59.5 Å². The molecule has 0 aliphatic carbocycles. The van der Waals surface area contributed by atoms with E-state index >= 15 is 0 Å². The highest BCUT2D eigenvalue weighted by Crippen LogP contribution is 2.26. The van der Waals surface area contributed by atoms with E-state index in [2.05, 4.69) is 51.7 Å². The number of nitrogens with zero attached hydrogens (tertiary/aromatic N) is 4. The van der Waals surface area contributed by atoms with Gasteiger partial charge in [0.1, 0.15) is 11.6 Å². The van der Waals surface area contributed by atoms with Gasteiger partial charge in [0.2, 0.25) is 5.91 Å². The van der Waals surface area contributed by atoms with Gasteiger partial charge >= 0.3 is 0 Å². The van der Waals surface area contributed by atoms with Gasteiger partial charge in [-0.05, 0) is 55.2 Å². The second-order valence-electron chi connectivity index (χ2n) is 9.57. The number of aryl methyl sites for hydroxylation is 1. The van der Waals surface area contributed by atoms with Crippen molar-refractivity contribution in [3.05, 3.63) is 95.9 Å². The van der Waals surface area contributed by atoms with Crippen LogP contribution in [0.5, 0.6) is 0 Å². The van der Waals surface area contributed by atoms with Crippen molar-refractivity contribution in [1.82, 2.24) is 14.8 Å². The first-order valence-corrected chi connectivity index (χ1v) is 13.0. The number of piperazine rings is 1. The standard InChI is InChI=1S/C30H37FN4O/c1-3-28(26-9-5-4-6-10-26)35(30(36)17-14-25-12-15-27(31)16-13-25)22-21-33-19-20-34(23-24(33)2)29-11-7-8-18-32-29/h4-13,15-16,18,24,28H,3,14,17,19-23H2,1-2H3. The lowest BCUT2D eigenvalue weighted by atomic mass is 10.0. The molecule has 5 nitrogen and oxygen atoms in total. The molecule has 0 spiro atoms. The van der Waals surface area contributed by atoms with Gasteiger partial charge in [-0.2, -0.15) is 0 Å². The zero-order valence-corrected chi connectivity index (χ0v) is 21.4. The fourth-order valence-electron chi connectivity index (χ4n) is 5.12. The monoisotopic (exact) mass is 488 g/mol. The van der Waals surface area contributed by atoms with E-state index in [0.717, 1.165) is 44.0 Å². The lowest BCUT2D eigenvalue weighted by Gasteiger charge is -2.42. The minimum absolute atomic E-state index is 0.0389. The van der Waals surface area contributed by atoms with E-state index in [-0.39, 0.29) is 17.8 Å². The van der Waals surface area contributed by atoms with Gasteiger partial charge in [-0.25, -0.2) is 9.37 Å². The highest BCUT2D eigenvalue weighted by Gasteiger charge is 2.28. The average molecular weight is 489 g/mol. The Morgan fingerprint density at radius 3 is 2.47 bits per heavy atom. The number of pyridine rings is 1. The van der Waals surface area contributed by atoms with Crippen LogP contribution in [0.1, 0.15) is 43.9 Å². The molecule has 1 aromatic heterocycles. The van der Waals surface area contributed by atoms with Crippen LogP contribution in [-0.2, 0) is 11.2 Å². The summed E-state index contributed by atoms with van der Waals surface area (Å²) in [6.45, 7) is 8.71. The third-order valence-corrected chi connectivity index (χ3v) is 7.17. The van der Waals surface area contributed by atoms with Crippen LogP contribution >= 0.6 is 0 Å². The third kappa shape index (κ3) is 6.70. The number of amides is 1. The van der Waals surface area contributed by atoms with Crippen molar-refractivity contribution in [1.29, 1.82) is 0 Å². The van der Waals surface area contributed by atoms with Crippen molar-refractivity contribution < 1.29 is 9.18 Å². The molecule has 2 atom stereocenters. The minimum atomic E-state index is -0.251. The Hall–Kier alpha value is -3.25. The topological polar surface area (TPSA) is 39.7 Å². The Balaban J connectivity index is 1.42. The molecule has 190 valence electrons. The van der Waals surface area contributed by atoms with Crippen molar-refractivity contribution in [2.45, 2.75) is 45.2 Å². The molecular formula is C30H37FN4O. The van der Waals surface area contributed by atoms with E-state index in [1.54, 1.807) is 12.1 Å². The van der Waals surface area contributed by atoms with Gasteiger partial charge in [0.25, 0.3) is 0 Å². The van der Waals surface area contributed by atoms with Crippen LogP contribution in [0.3, 0.4) is 0 Å². The molecule has 0 N–H and O–H groups in total. The number of halogens is 1. The van der Waals surface area contributed by atoms with Crippen LogP contribution < -0.4 is 4.90 Å². The summed E-state index contributed by atoms with van der Waals surface area (Å²) < 4.78 is 13.3. The van der Waals surface area contributed by atoms with Crippen LogP contribution in [0.15, 0.2) is 79.0 Å². The van der Waals surface area contributed by atoms with E-state index in [0.29, 0.717) is 25.4 Å². The number of rotatable bonds is 10. The van der Waals surface area contributed by atoms with Crippen LogP contribution in [0.2, 0.25) is 0 Å². The molecule has 0 saturated carbocycles. The van der Waals surface area contributed by atoms with E-state index in [4.69, 9.17) is 0 Å². The molecule has 6 heteroatoms. The highest BCUT2D eigenvalue weighted by molar-refractivity contribution is 5.77. The second kappa shape index (κ2) is 12.6. The van der Waals surface area contributed by atoms with E-state index in [1.807, 2.05) is 36.5 Å². The Kier molecular flexibility index (Phi) is 9.06. The van der Waals surface area contributed by atoms with Gasteiger partial charge in [-0.3, -0.25) is 9.69 Å². The fraction of sp³-hybridized carbons (Fsp3) is 0.400. The summed E-state index contributed by atoms with van der Waals surface area (Å²) in [6, 6.07) is 23.2. The van der Waals surface area contributed by atoms with Crippen molar-refractivity contribution in [3.8, 4) is 0 Å².